The summed E-state index contributed by atoms with van der Waals surface area (Å²) in [4.78, 5) is 20.6. The molecule has 0 radical (unpaired) electrons. The van der Waals surface area contributed by atoms with Crippen molar-refractivity contribution in [3.8, 4) is 11.1 Å². The van der Waals surface area contributed by atoms with E-state index >= 15 is 0 Å². The van der Waals surface area contributed by atoms with E-state index in [9.17, 15) is 9.90 Å². The normalized spacial score (nSPS) is 18.4. The van der Waals surface area contributed by atoms with Gasteiger partial charge in [-0.05, 0) is 65.9 Å². The summed E-state index contributed by atoms with van der Waals surface area (Å²) in [6.07, 6.45) is 5.78. The third-order valence-electron chi connectivity index (χ3n) is 6.41. The van der Waals surface area contributed by atoms with E-state index in [1.165, 1.54) is 11.3 Å². The Bertz CT molecular complexity index is 1120. The Balaban J connectivity index is 1.33. The van der Waals surface area contributed by atoms with E-state index in [-0.39, 0.29) is 0 Å². The number of hydrogen-bond donors (Lipinski definition) is 1. The Labute approximate surface area is 186 Å². The lowest BCUT2D eigenvalue weighted by atomic mass is 9.92. The number of rotatable bonds is 4. The van der Waals surface area contributed by atoms with Crippen LogP contribution in [0.15, 0.2) is 60.9 Å². The molecule has 1 aromatic heterocycles. The van der Waals surface area contributed by atoms with E-state index in [0.717, 1.165) is 60.7 Å². The van der Waals surface area contributed by atoms with Crippen LogP contribution in [0.4, 0.5) is 5.69 Å². The zero-order valence-electron chi connectivity index (χ0n) is 17.2. The molecule has 0 amide bonds. The fraction of sp³-hybridized carbons (Fsp3) is 0.280. The number of fused-ring (bicyclic) bond motifs is 3. The summed E-state index contributed by atoms with van der Waals surface area (Å²) < 4.78 is 0. The van der Waals surface area contributed by atoms with Crippen molar-refractivity contribution in [1.29, 1.82) is 0 Å². The average molecular weight is 434 g/mol. The van der Waals surface area contributed by atoms with Gasteiger partial charge in [-0.3, -0.25) is 9.88 Å². The lowest BCUT2D eigenvalue weighted by molar-refractivity contribution is 0.0696. The number of pyridine rings is 1. The number of carboxylic acids is 1. The van der Waals surface area contributed by atoms with Gasteiger partial charge < -0.3 is 10.0 Å². The van der Waals surface area contributed by atoms with Gasteiger partial charge in [0.25, 0.3) is 0 Å². The summed E-state index contributed by atoms with van der Waals surface area (Å²) in [5.41, 5.74) is 6.29. The molecule has 0 unspecified atom stereocenters. The molecule has 3 aromatic rings. The van der Waals surface area contributed by atoms with Crippen molar-refractivity contribution in [3.05, 3.63) is 82.6 Å². The first kappa shape index (κ1) is 20.0. The van der Waals surface area contributed by atoms with Crippen molar-refractivity contribution < 1.29 is 9.90 Å². The molecule has 0 spiro atoms. The molecule has 5 rings (SSSR count). The minimum atomic E-state index is -0.858. The van der Waals surface area contributed by atoms with Crippen LogP contribution in [0.25, 0.3) is 11.1 Å². The number of carboxylic acid groups (broad SMARTS) is 1. The highest BCUT2D eigenvalue weighted by atomic mass is 35.5. The van der Waals surface area contributed by atoms with Gasteiger partial charge in [-0.1, -0.05) is 23.7 Å². The molecule has 2 aromatic carbocycles. The molecule has 1 fully saturated rings. The van der Waals surface area contributed by atoms with Crippen LogP contribution < -0.4 is 4.90 Å². The lowest BCUT2D eigenvalue weighted by Gasteiger charge is -2.46. The summed E-state index contributed by atoms with van der Waals surface area (Å²) in [5, 5.41) is 10.0. The molecular weight excluding hydrogens is 410 g/mol. The first-order chi connectivity index (χ1) is 15.1. The van der Waals surface area contributed by atoms with E-state index < -0.39 is 5.97 Å². The second-order valence-electron chi connectivity index (χ2n) is 8.31. The summed E-state index contributed by atoms with van der Waals surface area (Å²) in [7, 11) is 0. The van der Waals surface area contributed by atoms with Gasteiger partial charge in [0.2, 0.25) is 0 Å². The molecule has 158 valence electrons. The number of aromatic nitrogens is 1. The highest BCUT2D eigenvalue weighted by Crippen LogP contribution is 2.34. The number of halogens is 1. The topological polar surface area (TPSA) is 56.7 Å². The van der Waals surface area contributed by atoms with Crippen molar-refractivity contribution in [2.75, 3.05) is 24.5 Å². The predicted octanol–water partition coefficient (Wildman–Crippen LogP) is 4.74. The van der Waals surface area contributed by atoms with E-state index in [2.05, 4.69) is 20.9 Å². The molecule has 1 saturated heterocycles. The Kier molecular flexibility index (Phi) is 5.38. The smallest absolute Gasteiger partial charge is 0.335 e. The van der Waals surface area contributed by atoms with Gasteiger partial charge in [0, 0.05) is 60.9 Å². The Morgan fingerprint density at radius 3 is 2.77 bits per heavy atom. The van der Waals surface area contributed by atoms with Crippen LogP contribution >= 0.6 is 11.6 Å². The largest absolute Gasteiger partial charge is 0.478 e. The van der Waals surface area contributed by atoms with E-state index in [4.69, 9.17) is 11.6 Å². The van der Waals surface area contributed by atoms with Gasteiger partial charge in [-0.2, -0.15) is 0 Å². The molecule has 5 nitrogen and oxygen atoms in total. The zero-order chi connectivity index (χ0) is 21.4. The maximum Gasteiger partial charge on any atom is 0.335 e. The van der Waals surface area contributed by atoms with Crippen molar-refractivity contribution in [2.45, 2.75) is 25.4 Å². The maximum absolute atomic E-state index is 11.3. The van der Waals surface area contributed by atoms with Crippen molar-refractivity contribution in [2.24, 2.45) is 0 Å². The fourth-order valence-corrected chi connectivity index (χ4v) is 4.97. The summed E-state index contributed by atoms with van der Waals surface area (Å²) in [5.74, 6) is -0.858. The van der Waals surface area contributed by atoms with Crippen LogP contribution in [0.1, 0.15) is 27.9 Å². The van der Waals surface area contributed by atoms with Gasteiger partial charge in [0.05, 0.1) is 5.56 Å². The SMILES string of the molecule is O=C(O)c1ccc2c(c1)CC[C@@H]1CN(Cc3ccncc3-c3ccc(Cl)cc3)CCN21. The number of piperazine rings is 1. The molecule has 2 aliphatic rings. The first-order valence-corrected chi connectivity index (χ1v) is 11.0. The van der Waals surface area contributed by atoms with Crippen LogP contribution in [-0.2, 0) is 13.0 Å². The Morgan fingerprint density at radius 1 is 1.13 bits per heavy atom. The number of benzene rings is 2. The molecule has 0 saturated carbocycles. The average Bonchev–Trinajstić information content (AvgIpc) is 2.79. The molecule has 0 bridgehead atoms. The summed E-state index contributed by atoms with van der Waals surface area (Å²) in [6, 6.07) is 16.1. The van der Waals surface area contributed by atoms with Gasteiger partial charge in [0.15, 0.2) is 0 Å². The molecule has 1 N–H and O–H groups in total. The minimum Gasteiger partial charge on any atom is -0.478 e. The Hall–Kier alpha value is -2.89. The van der Waals surface area contributed by atoms with Crippen molar-refractivity contribution in [1.82, 2.24) is 9.88 Å². The summed E-state index contributed by atoms with van der Waals surface area (Å²) >= 11 is 6.06. The van der Waals surface area contributed by atoms with Gasteiger partial charge in [-0.15, -0.1) is 0 Å². The molecule has 31 heavy (non-hydrogen) atoms. The fourth-order valence-electron chi connectivity index (χ4n) is 4.84. The highest BCUT2D eigenvalue weighted by Gasteiger charge is 2.32. The predicted molar refractivity (Wildman–Crippen MR) is 123 cm³/mol. The van der Waals surface area contributed by atoms with Gasteiger partial charge in [0.1, 0.15) is 0 Å². The number of carbonyl (C=O) groups is 1. The molecule has 2 aliphatic heterocycles. The lowest BCUT2D eigenvalue weighted by Crippen LogP contribution is -2.54. The van der Waals surface area contributed by atoms with Crippen LogP contribution in [0.2, 0.25) is 5.02 Å². The van der Waals surface area contributed by atoms with Crippen LogP contribution in [0.5, 0.6) is 0 Å². The zero-order valence-corrected chi connectivity index (χ0v) is 17.9. The molecule has 3 heterocycles. The third-order valence-corrected chi connectivity index (χ3v) is 6.66. The molecule has 0 aliphatic carbocycles. The van der Waals surface area contributed by atoms with Gasteiger partial charge >= 0.3 is 5.97 Å². The molecule has 6 heteroatoms. The third kappa shape index (κ3) is 4.03. The second kappa shape index (κ2) is 8.33. The number of nitrogens with zero attached hydrogens (tertiary/aromatic N) is 3. The van der Waals surface area contributed by atoms with Crippen molar-refractivity contribution in [3.63, 3.8) is 0 Å². The number of hydrogen-bond acceptors (Lipinski definition) is 4. The van der Waals surface area contributed by atoms with Crippen molar-refractivity contribution >= 4 is 23.3 Å². The number of aryl methyl sites for hydroxylation is 1. The summed E-state index contributed by atoms with van der Waals surface area (Å²) in [6.45, 7) is 3.81. The van der Waals surface area contributed by atoms with Gasteiger partial charge in [-0.25, -0.2) is 4.79 Å². The highest BCUT2D eigenvalue weighted by molar-refractivity contribution is 6.30. The monoisotopic (exact) mass is 433 g/mol. The van der Waals surface area contributed by atoms with E-state index in [1.807, 2.05) is 48.8 Å². The van der Waals surface area contributed by atoms with E-state index in [1.54, 1.807) is 6.07 Å². The first-order valence-electron chi connectivity index (χ1n) is 10.6. The number of aromatic carboxylic acids is 1. The minimum absolute atomic E-state index is 0.378. The Morgan fingerprint density at radius 2 is 1.97 bits per heavy atom. The van der Waals surface area contributed by atoms with E-state index in [0.29, 0.717) is 11.6 Å². The second-order valence-corrected chi connectivity index (χ2v) is 8.75. The quantitative estimate of drug-likeness (QED) is 0.644. The molecular formula is C25H24ClN3O2. The maximum atomic E-state index is 11.3. The molecule has 1 atom stereocenters. The van der Waals surface area contributed by atoms with Crippen LogP contribution in [0, 0.1) is 0 Å². The number of anilines is 1. The van der Waals surface area contributed by atoms with Crippen LogP contribution in [-0.4, -0.2) is 46.6 Å². The standard InChI is InChI=1S/C25H24ClN3O2/c26-21-5-1-17(2-6-21)23-14-27-10-9-20(23)15-28-11-12-29-22(16-28)7-3-18-13-19(25(30)31)4-8-24(18)29/h1-2,4-6,8-10,13-14,22H,3,7,11-12,15-16H2,(H,30,31)/t22-/m1/s1. The van der Waals surface area contributed by atoms with Crippen LogP contribution in [0.3, 0.4) is 0 Å².